The molecule has 0 aliphatic carbocycles. The number of aromatic nitrogens is 2. The fourth-order valence-electron chi connectivity index (χ4n) is 1.52. The van der Waals surface area contributed by atoms with E-state index in [4.69, 9.17) is 11.1 Å². The number of halogens is 3. The third-order valence-electron chi connectivity index (χ3n) is 2.35. The maximum absolute atomic E-state index is 12.9. The fraction of sp³-hybridized carbons (Fsp3) is 0.0833. The number of amidine groups is 1. The lowest BCUT2D eigenvalue weighted by Crippen LogP contribution is -2.18. The second-order valence-electron chi connectivity index (χ2n) is 3.76. The molecule has 1 heterocycles. The van der Waals surface area contributed by atoms with E-state index in [2.05, 4.69) is 9.97 Å². The highest BCUT2D eigenvalue weighted by Gasteiger charge is 2.34. The Bertz CT molecular complexity index is 628. The van der Waals surface area contributed by atoms with Crippen molar-refractivity contribution in [2.45, 2.75) is 16.1 Å². The van der Waals surface area contributed by atoms with E-state index in [-0.39, 0.29) is 5.56 Å². The minimum atomic E-state index is -4.57. The summed E-state index contributed by atoms with van der Waals surface area (Å²) in [6.07, 6.45) is -0.183. The van der Waals surface area contributed by atoms with Crippen molar-refractivity contribution in [1.82, 2.24) is 9.97 Å². The van der Waals surface area contributed by atoms with Gasteiger partial charge in [-0.15, -0.1) is 0 Å². The first-order valence-electron chi connectivity index (χ1n) is 5.37. The highest BCUT2D eigenvalue weighted by molar-refractivity contribution is 7.99. The molecule has 0 atom stereocenters. The molecule has 3 N–H and O–H groups in total. The van der Waals surface area contributed by atoms with E-state index in [0.29, 0.717) is 9.92 Å². The molecule has 0 saturated carbocycles. The summed E-state index contributed by atoms with van der Waals surface area (Å²) >= 11 is 1.05. The number of nitrogens with two attached hydrogens (primary N) is 1. The third kappa shape index (κ3) is 3.27. The molecule has 2 aromatic rings. The quantitative estimate of drug-likeness (QED) is 0.675. The normalized spacial score (nSPS) is 11.3. The van der Waals surface area contributed by atoms with Gasteiger partial charge in [-0.1, -0.05) is 11.8 Å². The van der Waals surface area contributed by atoms with Crippen LogP contribution < -0.4 is 5.73 Å². The van der Waals surface area contributed by atoms with Crippen molar-refractivity contribution in [3.63, 3.8) is 0 Å². The Balaban J connectivity index is 2.40. The maximum atomic E-state index is 12.9. The fourth-order valence-corrected chi connectivity index (χ4v) is 2.30. The lowest BCUT2D eigenvalue weighted by atomic mass is 10.1. The zero-order chi connectivity index (χ0) is 14.8. The van der Waals surface area contributed by atoms with Crippen LogP contribution in [-0.4, -0.2) is 15.8 Å². The van der Waals surface area contributed by atoms with Crippen LogP contribution >= 0.6 is 11.8 Å². The predicted octanol–water partition coefficient (Wildman–Crippen LogP) is 2.93. The number of hydrogen-bond acceptors (Lipinski definition) is 4. The van der Waals surface area contributed by atoms with Gasteiger partial charge in [0.15, 0.2) is 0 Å². The van der Waals surface area contributed by atoms with Crippen LogP contribution in [0.15, 0.2) is 46.7 Å². The lowest BCUT2D eigenvalue weighted by molar-refractivity contribution is -0.137. The third-order valence-corrected chi connectivity index (χ3v) is 3.26. The van der Waals surface area contributed by atoms with E-state index >= 15 is 0 Å². The van der Waals surface area contributed by atoms with Gasteiger partial charge in [-0.2, -0.15) is 13.2 Å². The van der Waals surface area contributed by atoms with Gasteiger partial charge < -0.3 is 5.73 Å². The molecule has 0 fully saturated rings. The summed E-state index contributed by atoms with van der Waals surface area (Å²) in [6, 6.07) is 3.60. The van der Waals surface area contributed by atoms with Crippen molar-refractivity contribution < 1.29 is 13.2 Å². The monoisotopic (exact) mass is 298 g/mol. The van der Waals surface area contributed by atoms with E-state index in [9.17, 15) is 13.2 Å². The van der Waals surface area contributed by atoms with Gasteiger partial charge in [-0.25, -0.2) is 4.98 Å². The number of benzene rings is 1. The molecule has 0 unspecified atom stereocenters. The number of rotatable bonds is 3. The standard InChI is InChI=1S/C12H9F3N4S/c13-12(14,15)9-5-7(1-2-8(9)11(16)17)20-10-6-18-3-4-19-10/h1-6H,(H3,16,17). The largest absolute Gasteiger partial charge is 0.417 e. The molecule has 0 aliphatic heterocycles. The Morgan fingerprint density at radius 1 is 1.25 bits per heavy atom. The molecule has 0 radical (unpaired) electrons. The van der Waals surface area contributed by atoms with E-state index in [1.807, 2.05) is 0 Å². The number of alkyl halides is 3. The maximum Gasteiger partial charge on any atom is 0.417 e. The van der Waals surface area contributed by atoms with E-state index in [1.54, 1.807) is 0 Å². The van der Waals surface area contributed by atoms with Crippen LogP contribution in [0.25, 0.3) is 0 Å². The molecule has 104 valence electrons. The zero-order valence-corrected chi connectivity index (χ0v) is 10.8. The minimum Gasteiger partial charge on any atom is -0.384 e. The van der Waals surface area contributed by atoms with Gasteiger partial charge >= 0.3 is 6.18 Å². The molecule has 0 bridgehead atoms. The number of nitrogen functional groups attached to an aromatic ring is 1. The van der Waals surface area contributed by atoms with Gasteiger partial charge in [0.2, 0.25) is 0 Å². The Morgan fingerprint density at radius 2 is 2.00 bits per heavy atom. The summed E-state index contributed by atoms with van der Waals surface area (Å²) in [5.41, 5.74) is 3.90. The minimum absolute atomic E-state index is 0.332. The Morgan fingerprint density at radius 3 is 2.55 bits per heavy atom. The molecule has 0 amide bonds. The molecule has 8 heteroatoms. The summed E-state index contributed by atoms with van der Waals surface area (Å²) in [5.74, 6) is -0.617. The first-order valence-corrected chi connectivity index (χ1v) is 6.19. The molecule has 0 saturated heterocycles. The highest BCUT2D eigenvalue weighted by Crippen LogP contribution is 2.36. The van der Waals surface area contributed by atoms with Crippen LogP contribution in [0.2, 0.25) is 0 Å². The summed E-state index contributed by atoms with van der Waals surface area (Å²) in [4.78, 5) is 8.16. The molecule has 20 heavy (non-hydrogen) atoms. The van der Waals surface area contributed by atoms with E-state index in [1.165, 1.54) is 30.7 Å². The highest BCUT2D eigenvalue weighted by atomic mass is 32.2. The number of nitrogens with one attached hydrogen (secondary N) is 1. The molecule has 0 aliphatic rings. The lowest BCUT2D eigenvalue weighted by Gasteiger charge is -2.13. The molecule has 2 rings (SSSR count). The van der Waals surface area contributed by atoms with Gasteiger partial charge in [-0.3, -0.25) is 10.4 Å². The summed E-state index contributed by atoms with van der Waals surface area (Å²) in [5, 5.41) is 7.68. The van der Waals surface area contributed by atoms with Crippen molar-refractivity contribution in [3.8, 4) is 0 Å². The van der Waals surface area contributed by atoms with E-state index < -0.39 is 17.6 Å². The first-order chi connectivity index (χ1) is 9.38. The van der Waals surface area contributed by atoms with Crippen LogP contribution in [0.5, 0.6) is 0 Å². The van der Waals surface area contributed by atoms with Gasteiger partial charge in [0.25, 0.3) is 0 Å². The van der Waals surface area contributed by atoms with Crippen LogP contribution in [0.4, 0.5) is 13.2 Å². The summed E-state index contributed by atoms with van der Waals surface area (Å²) in [7, 11) is 0. The average molecular weight is 298 g/mol. The smallest absolute Gasteiger partial charge is 0.384 e. The number of nitrogens with zero attached hydrogens (tertiary/aromatic N) is 2. The molecule has 1 aromatic carbocycles. The van der Waals surface area contributed by atoms with Crippen molar-refractivity contribution in [3.05, 3.63) is 47.9 Å². The van der Waals surface area contributed by atoms with Crippen molar-refractivity contribution >= 4 is 17.6 Å². The first kappa shape index (κ1) is 14.3. The predicted molar refractivity (Wildman–Crippen MR) is 68.6 cm³/mol. The molecular formula is C12H9F3N4S. The molecule has 1 aromatic heterocycles. The second-order valence-corrected chi connectivity index (χ2v) is 4.86. The van der Waals surface area contributed by atoms with Crippen LogP contribution in [0, 0.1) is 5.41 Å². The van der Waals surface area contributed by atoms with Gasteiger partial charge in [0.05, 0.1) is 11.8 Å². The Hall–Kier alpha value is -2.09. The Kier molecular flexibility index (Phi) is 3.93. The molecular weight excluding hydrogens is 289 g/mol. The average Bonchev–Trinajstić information content (AvgIpc) is 2.38. The molecule has 4 nitrogen and oxygen atoms in total. The van der Waals surface area contributed by atoms with Crippen molar-refractivity contribution in [2.75, 3.05) is 0 Å². The van der Waals surface area contributed by atoms with E-state index in [0.717, 1.165) is 17.8 Å². The molecule has 0 spiro atoms. The topological polar surface area (TPSA) is 75.7 Å². The van der Waals surface area contributed by atoms with Crippen LogP contribution in [-0.2, 0) is 6.18 Å². The summed E-state index contributed by atoms with van der Waals surface area (Å²) in [6.45, 7) is 0. The van der Waals surface area contributed by atoms with Crippen LogP contribution in [0.3, 0.4) is 0 Å². The zero-order valence-electron chi connectivity index (χ0n) is 9.98. The van der Waals surface area contributed by atoms with Crippen LogP contribution in [0.1, 0.15) is 11.1 Å². The Labute approximate surface area is 116 Å². The SMILES string of the molecule is N=C(N)c1ccc(Sc2cnccn2)cc1C(F)(F)F. The summed E-state index contributed by atoms with van der Waals surface area (Å²) < 4.78 is 38.8. The van der Waals surface area contributed by atoms with Gasteiger partial charge in [0, 0.05) is 22.9 Å². The second kappa shape index (κ2) is 5.49. The van der Waals surface area contributed by atoms with Crippen molar-refractivity contribution in [2.24, 2.45) is 5.73 Å². The van der Waals surface area contributed by atoms with Crippen molar-refractivity contribution in [1.29, 1.82) is 5.41 Å². The van der Waals surface area contributed by atoms with Gasteiger partial charge in [-0.05, 0) is 18.2 Å². The van der Waals surface area contributed by atoms with Gasteiger partial charge in [0.1, 0.15) is 10.9 Å². The number of hydrogen-bond donors (Lipinski definition) is 2.